The summed E-state index contributed by atoms with van der Waals surface area (Å²) < 4.78 is 5.97. The van der Waals surface area contributed by atoms with Gasteiger partial charge in [0.15, 0.2) is 5.43 Å². The van der Waals surface area contributed by atoms with E-state index < -0.39 is 0 Å². The van der Waals surface area contributed by atoms with E-state index in [4.69, 9.17) is 4.42 Å². The lowest BCUT2D eigenvalue weighted by Gasteiger charge is -2.23. The highest BCUT2D eigenvalue weighted by Gasteiger charge is 2.23. The molecule has 3 rings (SSSR count). The number of carbonyl (C=O) groups is 1. The Hall–Kier alpha value is -1.58. The van der Waals surface area contributed by atoms with Crippen LogP contribution in [0.15, 0.2) is 15.3 Å². The third-order valence-electron chi connectivity index (χ3n) is 4.29. The highest BCUT2D eigenvalue weighted by molar-refractivity contribution is 5.76. The van der Waals surface area contributed by atoms with Gasteiger partial charge in [0.2, 0.25) is 5.91 Å². The molecule has 1 aromatic rings. The molecule has 20 heavy (non-hydrogen) atoms. The topological polar surface area (TPSA) is 50.5 Å². The Morgan fingerprint density at radius 3 is 2.70 bits per heavy atom. The Bertz CT molecular complexity index is 576. The van der Waals surface area contributed by atoms with E-state index in [1.807, 2.05) is 11.8 Å². The number of hydrogen-bond donors (Lipinski definition) is 0. The highest BCUT2D eigenvalue weighted by Crippen LogP contribution is 2.21. The summed E-state index contributed by atoms with van der Waals surface area (Å²) in [4.78, 5) is 26.6. The smallest absolute Gasteiger partial charge is 0.222 e. The maximum absolute atomic E-state index is 12.3. The molecule has 4 nitrogen and oxygen atoms in total. The molecular formula is C16H21NO3. The van der Waals surface area contributed by atoms with Crippen LogP contribution in [0.25, 0.3) is 0 Å². The first kappa shape index (κ1) is 13.4. The van der Waals surface area contributed by atoms with Crippen LogP contribution in [-0.4, -0.2) is 23.9 Å². The van der Waals surface area contributed by atoms with E-state index in [0.29, 0.717) is 12.8 Å². The standard InChI is InChI=1S/C16H21NO3/c1-11-8-12-10-14(18)13-4-2-6-17(16(19)9-11)7-3-5-15(13)20-12/h10-11H,2-9H2,1H3/t11-/m1/s1. The van der Waals surface area contributed by atoms with Gasteiger partial charge in [0.25, 0.3) is 0 Å². The molecule has 2 aliphatic rings. The molecular weight excluding hydrogens is 254 g/mol. The minimum Gasteiger partial charge on any atom is -0.466 e. The van der Waals surface area contributed by atoms with Gasteiger partial charge in [0.05, 0.1) is 0 Å². The van der Waals surface area contributed by atoms with E-state index in [1.165, 1.54) is 0 Å². The summed E-state index contributed by atoms with van der Waals surface area (Å²) in [7, 11) is 0. The molecule has 0 saturated carbocycles. The molecule has 4 heteroatoms. The predicted octanol–water partition coefficient (Wildman–Crippen LogP) is 1.93. The second kappa shape index (κ2) is 5.43. The molecule has 0 aliphatic carbocycles. The average molecular weight is 275 g/mol. The minimum atomic E-state index is 0.119. The van der Waals surface area contributed by atoms with E-state index in [0.717, 1.165) is 55.9 Å². The van der Waals surface area contributed by atoms with E-state index in [9.17, 15) is 9.59 Å². The van der Waals surface area contributed by atoms with Crippen molar-refractivity contribution in [1.82, 2.24) is 4.90 Å². The molecule has 1 aromatic heterocycles. The summed E-state index contributed by atoms with van der Waals surface area (Å²) in [6.07, 6.45) is 4.41. The average Bonchev–Trinajstić information content (AvgIpc) is 2.46. The van der Waals surface area contributed by atoms with Gasteiger partial charge in [-0.1, -0.05) is 6.92 Å². The largest absolute Gasteiger partial charge is 0.466 e. The van der Waals surface area contributed by atoms with Crippen LogP contribution in [0.4, 0.5) is 0 Å². The zero-order chi connectivity index (χ0) is 14.1. The van der Waals surface area contributed by atoms with Crippen molar-refractivity contribution in [2.24, 2.45) is 5.92 Å². The number of fused-ring (bicyclic) bond motifs is 4. The third-order valence-corrected chi connectivity index (χ3v) is 4.29. The van der Waals surface area contributed by atoms with Gasteiger partial charge in [-0.25, -0.2) is 0 Å². The molecule has 2 aliphatic heterocycles. The van der Waals surface area contributed by atoms with Gasteiger partial charge in [0.1, 0.15) is 11.5 Å². The van der Waals surface area contributed by atoms with Crippen molar-refractivity contribution in [1.29, 1.82) is 0 Å². The van der Waals surface area contributed by atoms with Crippen LogP contribution in [0, 0.1) is 5.92 Å². The molecule has 108 valence electrons. The fourth-order valence-corrected chi connectivity index (χ4v) is 3.27. The first-order valence-corrected chi connectivity index (χ1v) is 7.56. The Morgan fingerprint density at radius 2 is 1.90 bits per heavy atom. The third kappa shape index (κ3) is 2.65. The van der Waals surface area contributed by atoms with Crippen molar-refractivity contribution in [3.8, 4) is 0 Å². The lowest BCUT2D eigenvalue weighted by atomic mass is 9.99. The second-order valence-electron chi connectivity index (χ2n) is 6.08. The summed E-state index contributed by atoms with van der Waals surface area (Å²) in [5.74, 6) is 2.05. The Balaban J connectivity index is 2.08. The summed E-state index contributed by atoms with van der Waals surface area (Å²) in [5, 5.41) is 0. The van der Waals surface area contributed by atoms with Gasteiger partial charge in [-0.2, -0.15) is 0 Å². The fraction of sp³-hybridized carbons (Fsp3) is 0.625. The molecule has 0 spiro atoms. The van der Waals surface area contributed by atoms with Crippen LogP contribution in [0.1, 0.15) is 43.3 Å². The summed E-state index contributed by atoms with van der Waals surface area (Å²) >= 11 is 0. The quantitative estimate of drug-likeness (QED) is 0.727. The zero-order valence-electron chi connectivity index (χ0n) is 12.0. The summed E-state index contributed by atoms with van der Waals surface area (Å²) in [5.41, 5.74) is 0.949. The van der Waals surface area contributed by atoms with E-state index in [-0.39, 0.29) is 17.3 Å². The van der Waals surface area contributed by atoms with Crippen LogP contribution < -0.4 is 5.43 Å². The van der Waals surface area contributed by atoms with Crippen LogP contribution in [0.3, 0.4) is 0 Å². The first-order valence-electron chi connectivity index (χ1n) is 7.56. The molecule has 3 heterocycles. The molecule has 0 N–H and O–H groups in total. The lowest BCUT2D eigenvalue weighted by molar-refractivity contribution is -0.132. The molecule has 1 atom stereocenters. The van der Waals surface area contributed by atoms with Crippen LogP contribution >= 0.6 is 0 Å². The number of aryl methyl sites for hydroxylation is 1. The molecule has 0 unspecified atom stereocenters. The van der Waals surface area contributed by atoms with Crippen molar-refractivity contribution >= 4 is 5.91 Å². The van der Waals surface area contributed by atoms with E-state index in [1.54, 1.807) is 6.07 Å². The highest BCUT2D eigenvalue weighted by atomic mass is 16.3. The number of amides is 1. The molecule has 0 saturated heterocycles. The van der Waals surface area contributed by atoms with E-state index >= 15 is 0 Å². The normalized spacial score (nSPS) is 23.4. The van der Waals surface area contributed by atoms with Gasteiger partial charge in [0, 0.05) is 44.0 Å². The number of nitrogens with zero attached hydrogens (tertiary/aromatic N) is 1. The van der Waals surface area contributed by atoms with Crippen molar-refractivity contribution in [2.75, 3.05) is 13.1 Å². The maximum Gasteiger partial charge on any atom is 0.222 e. The molecule has 3 bridgehead atoms. The number of rotatable bonds is 0. The van der Waals surface area contributed by atoms with Gasteiger partial charge in [-0.15, -0.1) is 0 Å². The monoisotopic (exact) mass is 275 g/mol. The van der Waals surface area contributed by atoms with Gasteiger partial charge >= 0.3 is 0 Å². The van der Waals surface area contributed by atoms with Gasteiger partial charge in [-0.3, -0.25) is 9.59 Å². The Labute approximate surface area is 118 Å². The maximum atomic E-state index is 12.3. The summed E-state index contributed by atoms with van der Waals surface area (Å²) in [6.45, 7) is 3.58. The number of hydrogen-bond acceptors (Lipinski definition) is 3. The van der Waals surface area contributed by atoms with Crippen molar-refractivity contribution in [2.45, 2.75) is 45.4 Å². The molecule has 1 amide bonds. The van der Waals surface area contributed by atoms with Gasteiger partial charge in [-0.05, 0) is 25.2 Å². The first-order chi connectivity index (χ1) is 9.63. The molecule has 0 radical (unpaired) electrons. The Kier molecular flexibility index (Phi) is 3.64. The van der Waals surface area contributed by atoms with Crippen LogP contribution in [0.5, 0.6) is 0 Å². The van der Waals surface area contributed by atoms with Crippen molar-refractivity contribution in [3.05, 3.63) is 33.4 Å². The van der Waals surface area contributed by atoms with Crippen LogP contribution in [0.2, 0.25) is 0 Å². The fourth-order valence-electron chi connectivity index (χ4n) is 3.27. The van der Waals surface area contributed by atoms with Crippen molar-refractivity contribution in [3.63, 3.8) is 0 Å². The summed E-state index contributed by atoms with van der Waals surface area (Å²) in [6, 6.07) is 1.64. The Morgan fingerprint density at radius 1 is 1.15 bits per heavy atom. The van der Waals surface area contributed by atoms with E-state index in [2.05, 4.69) is 0 Å². The molecule has 0 fully saturated rings. The van der Waals surface area contributed by atoms with Crippen molar-refractivity contribution < 1.29 is 9.21 Å². The minimum absolute atomic E-state index is 0.119. The number of carbonyl (C=O) groups excluding carboxylic acids is 1. The predicted molar refractivity (Wildman–Crippen MR) is 75.7 cm³/mol. The molecule has 0 aromatic carbocycles. The SMILES string of the molecule is C[C@H]1CC(=O)N2CCCc3oc(cc(=O)c3CCC2)C1. The van der Waals surface area contributed by atoms with Gasteiger partial charge < -0.3 is 9.32 Å². The second-order valence-corrected chi connectivity index (χ2v) is 6.08. The zero-order valence-corrected chi connectivity index (χ0v) is 12.0. The van der Waals surface area contributed by atoms with Crippen LogP contribution in [-0.2, 0) is 24.1 Å². The lowest BCUT2D eigenvalue weighted by Crippen LogP contribution is -2.34.